The van der Waals surface area contributed by atoms with E-state index in [-0.39, 0.29) is 5.97 Å². The van der Waals surface area contributed by atoms with Crippen molar-refractivity contribution in [2.75, 3.05) is 0 Å². The van der Waals surface area contributed by atoms with Crippen molar-refractivity contribution in [2.24, 2.45) is 0 Å². The summed E-state index contributed by atoms with van der Waals surface area (Å²) >= 11 is 0. The zero-order valence-corrected chi connectivity index (χ0v) is 13.9. The van der Waals surface area contributed by atoms with Crippen molar-refractivity contribution in [1.82, 2.24) is 9.97 Å². The first-order valence-corrected chi connectivity index (χ1v) is 8.35. The molecule has 0 saturated carbocycles. The molecular formula is C19H24N2O2. The summed E-state index contributed by atoms with van der Waals surface area (Å²) < 4.78 is 5.33. The number of carbonyl (C=O) groups excluding carboxylic acids is 1. The summed E-state index contributed by atoms with van der Waals surface area (Å²) in [5, 5.41) is 0. The SMILES string of the molecule is CCCCCC(=O)Oc1ccc(-c2cnc(CCC)cn2)cc1. The fourth-order valence-corrected chi connectivity index (χ4v) is 2.28. The van der Waals surface area contributed by atoms with Crippen LogP contribution < -0.4 is 4.74 Å². The molecule has 0 spiro atoms. The van der Waals surface area contributed by atoms with Crippen LogP contribution in [-0.4, -0.2) is 15.9 Å². The Balaban J connectivity index is 1.94. The molecule has 23 heavy (non-hydrogen) atoms. The van der Waals surface area contributed by atoms with Crippen LogP contribution in [0.2, 0.25) is 0 Å². The Labute approximate surface area is 137 Å². The highest BCUT2D eigenvalue weighted by molar-refractivity contribution is 5.72. The van der Waals surface area contributed by atoms with E-state index >= 15 is 0 Å². The molecule has 0 atom stereocenters. The van der Waals surface area contributed by atoms with E-state index in [4.69, 9.17) is 4.74 Å². The van der Waals surface area contributed by atoms with Gasteiger partial charge in [0.25, 0.3) is 0 Å². The highest BCUT2D eigenvalue weighted by Gasteiger charge is 2.06. The number of ether oxygens (including phenoxy) is 1. The van der Waals surface area contributed by atoms with E-state index in [0.717, 1.165) is 49.1 Å². The lowest BCUT2D eigenvalue weighted by Gasteiger charge is -2.06. The monoisotopic (exact) mass is 312 g/mol. The molecule has 0 aliphatic rings. The molecule has 0 amide bonds. The Kier molecular flexibility index (Phi) is 6.73. The van der Waals surface area contributed by atoms with Crippen LogP contribution in [0.1, 0.15) is 51.6 Å². The minimum absolute atomic E-state index is 0.171. The molecule has 0 bridgehead atoms. The van der Waals surface area contributed by atoms with Gasteiger partial charge in [-0.1, -0.05) is 33.1 Å². The van der Waals surface area contributed by atoms with Gasteiger partial charge in [-0.15, -0.1) is 0 Å². The van der Waals surface area contributed by atoms with E-state index in [9.17, 15) is 4.79 Å². The third kappa shape index (κ3) is 5.47. The van der Waals surface area contributed by atoms with Gasteiger partial charge in [-0.3, -0.25) is 14.8 Å². The van der Waals surface area contributed by atoms with Crippen molar-refractivity contribution in [3.63, 3.8) is 0 Å². The third-order valence-corrected chi connectivity index (χ3v) is 3.58. The second-order valence-corrected chi connectivity index (χ2v) is 5.60. The predicted octanol–water partition coefficient (Wildman–Crippen LogP) is 4.58. The van der Waals surface area contributed by atoms with Crippen molar-refractivity contribution in [3.05, 3.63) is 42.4 Å². The highest BCUT2D eigenvalue weighted by atomic mass is 16.5. The second kappa shape index (κ2) is 9.03. The van der Waals surface area contributed by atoms with Gasteiger partial charge in [0.15, 0.2) is 0 Å². The van der Waals surface area contributed by atoms with E-state index in [1.54, 1.807) is 18.3 Å². The predicted molar refractivity (Wildman–Crippen MR) is 91.2 cm³/mol. The van der Waals surface area contributed by atoms with E-state index in [2.05, 4.69) is 23.8 Å². The Morgan fingerprint density at radius 2 is 1.78 bits per heavy atom. The first-order valence-electron chi connectivity index (χ1n) is 8.35. The van der Waals surface area contributed by atoms with Gasteiger partial charge >= 0.3 is 5.97 Å². The Morgan fingerprint density at radius 1 is 1.00 bits per heavy atom. The fourth-order valence-electron chi connectivity index (χ4n) is 2.28. The average Bonchev–Trinajstić information content (AvgIpc) is 2.57. The van der Waals surface area contributed by atoms with Crippen LogP contribution in [0, 0.1) is 0 Å². The number of nitrogens with zero attached hydrogens (tertiary/aromatic N) is 2. The van der Waals surface area contributed by atoms with Gasteiger partial charge in [-0.2, -0.15) is 0 Å². The highest BCUT2D eigenvalue weighted by Crippen LogP contribution is 2.20. The molecule has 1 aromatic carbocycles. The van der Waals surface area contributed by atoms with Crippen LogP contribution in [0.3, 0.4) is 0 Å². The van der Waals surface area contributed by atoms with Crippen molar-refractivity contribution < 1.29 is 9.53 Å². The zero-order chi connectivity index (χ0) is 16.5. The van der Waals surface area contributed by atoms with Gasteiger partial charge in [-0.25, -0.2) is 0 Å². The van der Waals surface area contributed by atoms with Gasteiger partial charge in [0, 0.05) is 18.2 Å². The van der Waals surface area contributed by atoms with E-state index < -0.39 is 0 Å². The van der Waals surface area contributed by atoms with Crippen LogP contribution in [-0.2, 0) is 11.2 Å². The molecule has 0 saturated heterocycles. The summed E-state index contributed by atoms with van der Waals surface area (Å²) in [6.07, 6.45) is 9.12. The number of aryl methyl sites for hydroxylation is 1. The lowest BCUT2D eigenvalue weighted by atomic mass is 10.1. The van der Waals surface area contributed by atoms with Crippen molar-refractivity contribution in [1.29, 1.82) is 0 Å². The molecule has 122 valence electrons. The molecule has 1 aromatic heterocycles. The maximum Gasteiger partial charge on any atom is 0.311 e. The summed E-state index contributed by atoms with van der Waals surface area (Å²) in [4.78, 5) is 20.5. The maximum absolute atomic E-state index is 11.7. The summed E-state index contributed by atoms with van der Waals surface area (Å²) in [7, 11) is 0. The number of unbranched alkanes of at least 4 members (excludes halogenated alkanes) is 2. The Hall–Kier alpha value is -2.23. The summed E-state index contributed by atoms with van der Waals surface area (Å²) in [5.74, 6) is 0.403. The molecular weight excluding hydrogens is 288 g/mol. The molecule has 0 radical (unpaired) electrons. The summed E-state index contributed by atoms with van der Waals surface area (Å²) in [6, 6.07) is 7.40. The molecule has 1 heterocycles. The molecule has 0 aliphatic carbocycles. The van der Waals surface area contributed by atoms with Gasteiger partial charge in [-0.05, 0) is 37.1 Å². The van der Waals surface area contributed by atoms with Crippen LogP contribution in [0.5, 0.6) is 5.75 Å². The second-order valence-electron chi connectivity index (χ2n) is 5.60. The number of carbonyl (C=O) groups is 1. The molecule has 4 heteroatoms. The van der Waals surface area contributed by atoms with Crippen LogP contribution in [0.4, 0.5) is 0 Å². The molecule has 4 nitrogen and oxygen atoms in total. The molecule has 0 unspecified atom stereocenters. The topological polar surface area (TPSA) is 52.1 Å². The standard InChI is InChI=1S/C19H24N2O2/c1-3-5-6-8-19(22)23-17-11-9-15(10-12-17)18-14-20-16(7-4-2)13-21-18/h9-14H,3-8H2,1-2H3. The number of esters is 1. The Morgan fingerprint density at radius 3 is 2.39 bits per heavy atom. The first kappa shape index (κ1) is 17.1. The van der Waals surface area contributed by atoms with Crippen molar-refractivity contribution in [2.45, 2.75) is 52.4 Å². The van der Waals surface area contributed by atoms with Gasteiger partial charge in [0.1, 0.15) is 5.75 Å². The number of aromatic nitrogens is 2. The number of hydrogen-bond acceptors (Lipinski definition) is 4. The lowest BCUT2D eigenvalue weighted by molar-refractivity contribution is -0.134. The summed E-state index contributed by atoms with van der Waals surface area (Å²) in [6.45, 7) is 4.24. The van der Waals surface area contributed by atoms with Gasteiger partial charge in [0.05, 0.1) is 17.6 Å². The van der Waals surface area contributed by atoms with E-state index in [1.807, 2.05) is 18.3 Å². The van der Waals surface area contributed by atoms with Gasteiger partial charge < -0.3 is 4.74 Å². The lowest BCUT2D eigenvalue weighted by Crippen LogP contribution is -2.07. The van der Waals surface area contributed by atoms with Crippen LogP contribution in [0.25, 0.3) is 11.3 Å². The minimum atomic E-state index is -0.171. The van der Waals surface area contributed by atoms with E-state index in [1.165, 1.54) is 0 Å². The molecule has 2 rings (SSSR count). The molecule has 0 N–H and O–H groups in total. The fraction of sp³-hybridized carbons (Fsp3) is 0.421. The third-order valence-electron chi connectivity index (χ3n) is 3.58. The number of hydrogen-bond donors (Lipinski definition) is 0. The van der Waals surface area contributed by atoms with Gasteiger partial charge in [0.2, 0.25) is 0 Å². The van der Waals surface area contributed by atoms with Crippen molar-refractivity contribution >= 4 is 5.97 Å². The smallest absolute Gasteiger partial charge is 0.311 e. The minimum Gasteiger partial charge on any atom is -0.427 e. The normalized spacial score (nSPS) is 10.5. The molecule has 0 aliphatic heterocycles. The largest absolute Gasteiger partial charge is 0.427 e. The maximum atomic E-state index is 11.7. The Bertz CT molecular complexity index is 606. The quantitative estimate of drug-likeness (QED) is 0.406. The summed E-state index contributed by atoms with van der Waals surface area (Å²) in [5.41, 5.74) is 2.80. The average molecular weight is 312 g/mol. The number of benzene rings is 1. The van der Waals surface area contributed by atoms with Crippen LogP contribution in [0.15, 0.2) is 36.7 Å². The number of rotatable bonds is 8. The van der Waals surface area contributed by atoms with E-state index in [0.29, 0.717) is 12.2 Å². The molecule has 2 aromatic rings. The van der Waals surface area contributed by atoms with Crippen LogP contribution >= 0.6 is 0 Å². The van der Waals surface area contributed by atoms with Crippen molar-refractivity contribution in [3.8, 4) is 17.0 Å². The molecule has 0 fully saturated rings. The first-order chi connectivity index (χ1) is 11.2. The zero-order valence-electron chi connectivity index (χ0n) is 13.9.